The fourth-order valence-corrected chi connectivity index (χ4v) is 4.12. The molecule has 0 bridgehead atoms. The highest BCUT2D eigenvalue weighted by Crippen LogP contribution is 2.37. The molecular formula is C21H25F2N3. The molecule has 1 fully saturated rings. The smallest absolute Gasteiger partial charge is 0.151 e. The molecule has 0 amide bonds. The largest absolute Gasteiger partial charge is 0.367 e. The lowest BCUT2D eigenvalue weighted by molar-refractivity contribution is 0.311. The number of nitrogens with zero attached hydrogens (tertiary/aromatic N) is 2. The van der Waals surface area contributed by atoms with E-state index in [0.717, 1.165) is 44.7 Å². The zero-order valence-electron chi connectivity index (χ0n) is 15.1. The number of benzene rings is 2. The van der Waals surface area contributed by atoms with Crippen molar-refractivity contribution in [2.24, 2.45) is 0 Å². The second-order valence-corrected chi connectivity index (χ2v) is 7.30. The molecule has 26 heavy (non-hydrogen) atoms. The van der Waals surface area contributed by atoms with Crippen LogP contribution in [0.5, 0.6) is 0 Å². The highest BCUT2D eigenvalue weighted by molar-refractivity contribution is 5.55. The monoisotopic (exact) mass is 357 g/mol. The molecule has 2 aliphatic heterocycles. The van der Waals surface area contributed by atoms with E-state index in [9.17, 15) is 4.39 Å². The van der Waals surface area contributed by atoms with Crippen LogP contribution in [-0.4, -0.2) is 44.7 Å². The Balaban J connectivity index is 1.73. The van der Waals surface area contributed by atoms with E-state index in [1.165, 1.54) is 6.07 Å². The van der Waals surface area contributed by atoms with Crippen molar-refractivity contribution in [2.45, 2.75) is 18.9 Å². The van der Waals surface area contributed by atoms with Gasteiger partial charge in [-0.1, -0.05) is 24.3 Å². The molecule has 4 rings (SSSR count). The lowest BCUT2D eigenvalue weighted by Gasteiger charge is -2.35. The normalized spacial score (nSPS) is 21.3. The van der Waals surface area contributed by atoms with Crippen LogP contribution in [0.4, 0.5) is 14.5 Å². The maximum absolute atomic E-state index is 15.4. The zero-order chi connectivity index (χ0) is 18.1. The first-order valence-electron chi connectivity index (χ1n) is 9.35. The maximum Gasteiger partial charge on any atom is 0.151 e. The summed E-state index contributed by atoms with van der Waals surface area (Å²) < 4.78 is 29.8. The summed E-state index contributed by atoms with van der Waals surface area (Å²) in [6.07, 6.45) is 0.765. The minimum atomic E-state index is -0.214. The van der Waals surface area contributed by atoms with Gasteiger partial charge in [0.05, 0.1) is 5.69 Å². The number of rotatable bonds is 2. The van der Waals surface area contributed by atoms with Crippen LogP contribution in [0, 0.1) is 11.6 Å². The summed E-state index contributed by atoms with van der Waals surface area (Å²) in [4.78, 5) is 4.38. The Labute approximate surface area is 153 Å². The summed E-state index contributed by atoms with van der Waals surface area (Å²) in [5, 5.41) is 3.31. The topological polar surface area (TPSA) is 18.5 Å². The maximum atomic E-state index is 15.4. The van der Waals surface area contributed by atoms with Gasteiger partial charge >= 0.3 is 0 Å². The standard InChI is InChI=1S/C21H25F2N3/c1-25-10-12-26(13-11-25)20-7-6-15-16(17-4-2-3-5-19(17)22)8-9-24-14-18(15)21(20)23/h2-7,16,24H,8-14H2,1H3. The van der Waals surface area contributed by atoms with Gasteiger partial charge in [-0.3, -0.25) is 0 Å². The van der Waals surface area contributed by atoms with Crippen LogP contribution >= 0.6 is 0 Å². The van der Waals surface area contributed by atoms with Crippen molar-refractivity contribution in [1.29, 1.82) is 0 Å². The van der Waals surface area contributed by atoms with Crippen LogP contribution in [-0.2, 0) is 6.54 Å². The van der Waals surface area contributed by atoms with Crippen molar-refractivity contribution in [3.05, 3.63) is 64.7 Å². The molecule has 1 N–H and O–H groups in total. The van der Waals surface area contributed by atoms with E-state index in [4.69, 9.17) is 0 Å². The fourth-order valence-electron chi connectivity index (χ4n) is 4.12. The van der Waals surface area contributed by atoms with Gasteiger partial charge in [0.15, 0.2) is 5.82 Å². The Hall–Kier alpha value is -1.98. The lowest BCUT2D eigenvalue weighted by Crippen LogP contribution is -2.45. The molecule has 2 heterocycles. The first-order chi connectivity index (χ1) is 12.6. The van der Waals surface area contributed by atoms with E-state index in [1.807, 2.05) is 24.3 Å². The van der Waals surface area contributed by atoms with Crippen LogP contribution in [0.15, 0.2) is 36.4 Å². The third kappa shape index (κ3) is 3.21. The Bertz CT molecular complexity index is 785. The van der Waals surface area contributed by atoms with Gasteiger partial charge in [0.25, 0.3) is 0 Å². The van der Waals surface area contributed by atoms with Gasteiger partial charge in [0.2, 0.25) is 0 Å². The quantitative estimate of drug-likeness (QED) is 0.889. The molecule has 138 valence electrons. The molecule has 1 unspecified atom stereocenters. The average molecular weight is 357 g/mol. The second-order valence-electron chi connectivity index (χ2n) is 7.30. The number of hydrogen-bond acceptors (Lipinski definition) is 3. The molecule has 0 aromatic heterocycles. The van der Waals surface area contributed by atoms with Crippen LogP contribution in [0.25, 0.3) is 0 Å². The molecule has 1 saturated heterocycles. The van der Waals surface area contributed by atoms with Crippen molar-refractivity contribution in [3.63, 3.8) is 0 Å². The highest BCUT2D eigenvalue weighted by atomic mass is 19.1. The van der Waals surface area contributed by atoms with E-state index in [-0.39, 0.29) is 17.6 Å². The van der Waals surface area contributed by atoms with E-state index >= 15 is 4.39 Å². The van der Waals surface area contributed by atoms with Crippen molar-refractivity contribution in [1.82, 2.24) is 10.2 Å². The van der Waals surface area contributed by atoms with Gasteiger partial charge in [0, 0.05) is 44.2 Å². The molecule has 0 saturated carbocycles. The van der Waals surface area contributed by atoms with Gasteiger partial charge in [-0.25, -0.2) is 8.78 Å². The third-order valence-corrected chi connectivity index (χ3v) is 5.67. The second kappa shape index (κ2) is 7.33. The van der Waals surface area contributed by atoms with Crippen LogP contribution in [0.2, 0.25) is 0 Å². The first kappa shape index (κ1) is 17.4. The SMILES string of the molecule is CN1CCN(c2ccc3c(c2F)CNCCC3c2ccccc2F)CC1. The number of piperazine rings is 1. The Morgan fingerprint density at radius 1 is 0.962 bits per heavy atom. The van der Waals surface area contributed by atoms with Gasteiger partial charge in [0.1, 0.15) is 5.82 Å². The van der Waals surface area contributed by atoms with E-state index in [0.29, 0.717) is 23.4 Å². The van der Waals surface area contributed by atoms with Gasteiger partial charge < -0.3 is 15.1 Å². The summed E-state index contributed by atoms with van der Waals surface area (Å²) in [5.74, 6) is -0.478. The molecule has 0 radical (unpaired) electrons. The molecule has 0 spiro atoms. The average Bonchev–Trinajstić information content (AvgIpc) is 2.87. The summed E-state index contributed by atoms with van der Waals surface area (Å²) in [7, 11) is 2.09. The fraction of sp³-hybridized carbons (Fsp3) is 0.429. The van der Waals surface area contributed by atoms with E-state index < -0.39 is 0 Å². The number of fused-ring (bicyclic) bond motifs is 1. The molecule has 5 heteroatoms. The van der Waals surface area contributed by atoms with Crippen molar-refractivity contribution in [3.8, 4) is 0 Å². The zero-order valence-corrected chi connectivity index (χ0v) is 15.1. The van der Waals surface area contributed by atoms with Gasteiger partial charge in [-0.15, -0.1) is 0 Å². The highest BCUT2D eigenvalue weighted by Gasteiger charge is 2.27. The molecular weight excluding hydrogens is 332 g/mol. The van der Waals surface area contributed by atoms with Crippen LogP contribution < -0.4 is 10.2 Å². The molecule has 2 aromatic carbocycles. The Morgan fingerprint density at radius 2 is 1.73 bits per heavy atom. The molecule has 2 aromatic rings. The van der Waals surface area contributed by atoms with Gasteiger partial charge in [-0.2, -0.15) is 0 Å². The molecule has 3 nitrogen and oxygen atoms in total. The van der Waals surface area contributed by atoms with E-state index in [1.54, 1.807) is 6.07 Å². The molecule has 0 aliphatic carbocycles. The number of hydrogen-bond donors (Lipinski definition) is 1. The van der Waals surface area contributed by atoms with Crippen molar-refractivity contribution < 1.29 is 8.78 Å². The minimum Gasteiger partial charge on any atom is -0.367 e. The van der Waals surface area contributed by atoms with Crippen LogP contribution in [0.3, 0.4) is 0 Å². The Kier molecular flexibility index (Phi) is 4.92. The lowest BCUT2D eigenvalue weighted by atomic mass is 9.86. The van der Waals surface area contributed by atoms with Crippen molar-refractivity contribution in [2.75, 3.05) is 44.7 Å². The first-order valence-corrected chi connectivity index (χ1v) is 9.35. The summed E-state index contributed by atoms with van der Waals surface area (Å²) in [6, 6.07) is 10.8. The third-order valence-electron chi connectivity index (χ3n) is 5.67. The number of halogens is 2. The molecule has 1 atom stereocenters. The number of anilines is 1. The molecule has 2 aliphatic rings. The van der Waals surface area contributed by atoms with Crippen LogP contribution in [0.1, 0.15) is 29.0 Å². The summed E-state index contributed by atoms with van der Waals surface area (Å²) in [6.45, 7) is 4.77. The van der Waals surface area contributed by atoms with E-state index in [2.05, 4.69) is 22.2 Å². The summed E-state index contributed by atoms with van der Waals surface area (Å²) >= 11 is 0. The van der Waals surface area contributed by atoms with Crippen molar-refractivity contribution >= 4 is 5.69 Å². The number of likely N-dealkylation sites (N-methyl/N-ethyl adjacent to an activating group) is 1. The Morgan fingerprint density at radius 3 is 2.50 bits per heavy atom. The minimum absolute atomic E-state index is 0.114. The predicted octanol–water partition coefficient (Wildman–Crippen LogP) is 3.34. The number of nitrogens with one attached hydrogen (secondary N) is 1. The van der Waals surface area contributed by atoms with Gasteiger partial charge in [-0.05, 0) is 43.3 Å². The predicted molar refractivity (Wildman–Crippen MR) is 101 cm³/mol. The summed E-state index contributed by atoms with van der Waals surface area (Å²) in [5.41, 5.74) is 2.93.